The lowest BCUT2D eigenvalue weighted by molar-refractivity contribution is -0.385. The number of anilines is 1. The van der Waals surface area contributed by atoms with Crippen LogP contribution in [-0.4, -0.2) is 15.2 Å². The Morgan fingerprint density at radius 1 is 1.28 bits per heavy atom. The highest BCUT2D eigenvalue weighted by Gasteiger charge is 2.34. The summed E-state index contributed by atoms with van der Waals surface area (Å²) in [4.78, 5) is 24.7. The second kappa shape index (κ2) is 6.91. The van der Waals surface area contributed by atoms with Crippen LogP contribution >= 0.6 is 35.6 Å². The molecule has 0 N–H and O–H groups in total. The molecular formula is C16H8ClFN2O3S2. The molecule has 1 saturated heterocycles. The number of carbonyl (C=O) groups is 1. The second-order valence-corrected chi connectivity index (χ2v) is 7.01. The summed E-state index contributed by atoms with van der Waals surface area (Å²) in [7, 11) is 0. The predicted octanol–water partition coefficient (Wildman–Crippen LogP) is 4.79. The minimum Gasteiger partial charge on any atom is -0.268 e. The molecular weight excluding hydrogens is 387 g/mol. The van der Waals surface area contributed by atoms with Crippen molar-refractivity contribution in [2.45, 2.75) is 0 Å². The minimum atomic E-state index is -0.605. The van der Waals surface area contributed by atoms with Gasteiger partial charge >= 0.3 is 0 Å². The molecule has 2 aromatic carbocycles. The van der Waals surface area contributed by atoms with E-state index in [4.69, 9.17) is 23.8 Å². The molecule has 1 heterocycles. The zero-order valence-electron chi connectivity index (χ0n) is 12.3. The van der Waals surface area contributed by atoms with E-state index in [0.717, 1.165) is 17.8 Å². The topological polar surface area (TPSA) is 63.4 Å². The van der Waals surface area contributed by atoms with Gasteiger partial charge in [0.2, 0.25) is 0 Å². The Morgan fingerprint density at radius 3 is 2.68 bits per heavy atom. The molecule has 1 aliphatic rings. The number of thioether (sulfide) groups is 1. The van der Waals surface area contributed by atoms with E-state index >= 15 is 0 Å². The smallest absolute Gasteiger partial charge is 0.268 e. The summed E-state index contributed by atoms with van der Waals surface area (Å²) in [6, 6.07) is 9.91. The molecule has 3 rings (SSSR count). The molecule has 126 valence electrons. The van der Waals surface area contributed by atoms with Gasteiger partial charge < -0.3 is 0 Å². The van der Waals surface area contributed by atoms with Crippen LogP contribution in [0.2, 0.25) is 5.02 Å². The molecule has 0 aromatic heterocycles. The van der Waals surface area contributed by atoms with Crippen molar-refractivity contribution in [1.82, 2.24) is 0 Å². The Balaban J connectivity index is 1.99. The standard InChI is InChI=1S/C16H8ClFN2O3S2/c17-11-8-10(5-6-12(11)18)19-15(21)14(25-16(19)24)7-9-3-1-2-4-13(9)20(22)23/h1-8H/b14-7+. The monoisotopic (exact) mass is 394 g/mol. The van der Waals surface area contributed by atoms with Gasteiger partial charge in [-0.15, -0.1) is 0 Å². The summed E-state index contributed by atoms with van der Waals surface area (Å²) < 4.78 is 13.5. The zero-order valence-corrected chi connectivity index (χ0v) is 14.7. The number of halogens is 2. The lowest BCUT2D eigenvalue weighted by Gasteiger charge is -2.14. The minimum absolute atomic E-state index is 0.113. The molecule has 0 bridgehead atoms. The third-order valence-corrected chi connectivity index (χ3v) is 4.97. The van der Waals surface area contributed by atoms with Gasteiger partial charge in [0.05, 0.1) is 26.1 Å². The maximum Gasteiger partial charge on any atom is 0.276 e. The summed E-state index contributed by atoms with van der Waals surface area (Å²) in [5, 5.41) is 11.0. The third-order valence-electron chi connectivity index (χ3n) is 3.38. The number of rotatable bonds is 3. The Kier molecular flexibility index (Phi) is 4.85. The van der Waals surface area contributed by atoms with Crippen LogP contribution in [0.4, 0.5) is 15.8 Å². The molecule has 25 heavy (non-hydrogen) atoms. The first-order chi connectivity index (χ1) is 11.9. The maximum atomic E-state index is 13.3. The van der Waals surface area contributed by atoms with Gasteiger partial charge in [-0.1, -0.05) is 47.7 Å². The number of benzene rings is 2. The van der Waals surface area contributed by atoms with Gasteiger partial charge in [0.1, 0.15) is 5.82 Å². The number of nitro benzene ring substituents is 1. The van der Waals surface area contributed by atoms with Crippen LogP contribution in [0, 0.1) is 15.9 Å². The highest BCUT2D eigenvalue weighted by Crippen LogP contribution is 2.37. The lowest BCUT2D eigenvalue weighted by Crippen LogP contribution is -2.27. The normalized spacial score (nSPS) is 15.9. The Hall–Kier alpha value is -2.29. The average Bonchev–Trinajstić information content (AvgIpc) is 2.84. The van der Waals surface area contributed by atoms with Crippen molar-refractivity contribution in [3.05, 3.63) is 73.9 Å². The van der Waals surface area contributed by atoms with Gasteiger partial charge in [-0.25, -0.2) is 4.39 Å². The second-order valence-electron chi connectivity index (χ2n) is 4.93. The Labute approximate surface area is 156 Å². The van der Waals surface area contributed by atoms with Gasteiger partial charge in [0.15, 0.2) is 4.32 Å². The fraction of sp³-hybridized carbons (Fsp3) is 0. The molecule has 0 unspecified atom stereocenters. The van der Waals surface area contributed by atoms with Crippen LogP contribution in [0.5, 0.6) is 0 Å². The summed E-state index contributed by atoms with van der Waals surface area (Å²) in [5.74, 6) is -1.05. The van der Waals surface area contributed by atoms with Crippen LogP contribution in [0.25, 0.3) is 6.08 Å². The number of amides is 1. The number of thiocarbonyl (C=S) groups is 1. The summed E-state index contributed by atoms with van der Waals surface area (Å²) >= 11 is 12.0. The molecule has 1 amide bonds. The van der Waals surface area contributed by atoms with Crippen LogP contribution in [-0.2, 0) is 4.79 Å². The van der Waals surface area contributed by atoms with E-state index in [-0.39, 0.29) is 19.9 Å². The van der Waals surface area contributed by atoms with Gasteiger partial charge in [0.25, 0.3) is 11.6 Å². The molecule has 0 saturated carbocycles. The van der Waals surface area contributed by atoms with Crippen LogP contribution in [0.3, 0.4) is 0 Å². The maximum absolute atomic E-state index is 13.3. The van der Waals surface area contributed by atoms with E-state index in [1.165, 1.54) is 29.2 Å². The number of nitro groups is 1. The molecule has 0 atom stereocenters. The van der Waals surface area contributed by atoms with Crippen molar-refractivity contribution in [2.75, 3.05) is 4.90 Å². The van der Waals surface area contributed by atoms with E-state index in [2.05, 4.69) is 0 Å². The zero-order chi connectivity index (χ0) is 18.1. The van der Waals surface area contributed by atoms with Crippen molar-refractivity contribution in [3.63, 3.8) is 0 Å². The third kappa shape index (κ3) is 3.41. The van der Waals surface area contributed by atoms with Crippen molar-refractivity contribution < 1.29 is 14.1 Å². The highest BCUT2D eigenvalue weighted by atomic mass is 35.5. The Bertz CT molecular complexity index is 949. The first kappa shape index (κ1) is 17.5. The lowest BCUT2D eigenvalue weighted by atomic mass is 10.1. The molecule has 1 aliphatic heterocycles. The molecule has 9 heteroatoms. The SMILES string of the molecule is O=C1/C(=C\c2ccccc2[N+](=O)[O-])SC(=S)N1c1ccc(F)c(Cl)c1. The van der Waals surface area contributed by atoms with Crippen molar-refractivity contribution >= 4 is 63.3 Å². The largest absolute Gasteiger partial charge is 0.276 e. The van der Waals surface area contributed by atoms with Crippen molar-refractivity contribution in [2.24, 2.45) is 0 Å². The number of para-hydroxylation sites is 1. The van der Waals surface area contributed by atoms with Crippen LogP contribution in [0.15, 0.2) is 47.4 Å². The van der Waals surface area contributed by atoms with Crippen LogP contribution in [0.1, 0.15) is 5.56 Å². The van der Waals surface area contributed by atoms with Crippen molar-refractivity contribution in [1.29, 1.82) is 0 Å². The van der Waals surface area contributed by atoms with E-state index in [1.807, 2.05) is 0 Å². The van der Waals surface area contributed by atoms with E-state index in [9.17, 15) is 19.3 Å². The number of carbonyl (C=O) groups excluding carboxylic acids is 1. The summed E-state index contributed by atoms with van der Waals surface area (Å²) in [5.41, 5.74) is 0.516. The van der Waals surface area contributed by atoms with Gasteiger partial charge in [-0.3, -0.25) is 19.8 Å². The highest BCUT2D eigenvalue weighted by molar-refractivity contribution is 8.27. The molecule has 0 spiro atoms. The van der Waals surface area contributed by atoms with Crippen LogP contribution < -0.4 is 4.90 Å². The molecule has 1 fully saturated rings. The van der Waals surface area contributed by atoms with Gasteiger partial charge in [-0.05, 0) is 30.3 Å². The first-order valence-corrected chi connectivity index (χ1v) is 8.45. The molecule has 0 radical (unpaired) electrons. The quantitative estimate of drug-likeness (QED) is 0.324. The van der Waals surface area contributed by atoms with Crippen molar-refractivity contribution in [3.8, 4) is 0 Å². The molecule has 0 aliphatic carbocycles. The fourth-order valence-corrected chi connectivity index (χ4v) is 3.70. The fourth-order valence-electron chi connectivity index (χ4n) is 2.23. The number of hydrogen-bond acceptors (Lipinski definition) is 5. The summed E-state index contributed by atoms with van der Waals surface area (Å²) in [6.45, 7) is 0. The average molecular weight is 395 g/mol. The van der Waals surface area contributed by atoms with E-state index in [0.29, 0.717) is 11.3 Å². The van der Waals surface area contributed by atoms with E-state index < -0.39 is 16.6 Å². The first-order valence-electron chi connectivity index (χ1n) is 6.85. The molecule has 5 nitrogen and oxygen atoms in total. The molecule has 2 aromatic rings. The van der Waals surface area contributed by atoms with Gasteiger partial charge in [-0.2, -0.15) is 0 Å². The summed E-state index contributed by atoms with van der Waals surface area (Å²) in [6.07, 6.45) is 1.42. The Morgan fingerprint density at radius 2 is 2.00 bits per heavy atom. The van der Waals surface area contributed by atoms with E-state index in [1.54, 1.807) is 18.2 Å². The number of nitrogens with zero attached hydrogens (tertiary/aromatic N) is 2. The number of hydrogen-bond donors (Lipinski definition) is 0. The van der Waals surface area contributed by atoms with Gasteiger partial charge in [0, 0.05) is 6.07 Å². The predicted molar refractivity (Wildman–Crippen MR) is 100 cm³/mol.